The van der Waals surface area contributed by atoms with Crippen molar-refractivity contribution in [2.24, 2.45) is 5.92 Å². The van der Waals surface area contributed by atoms with Crippen molar-refractivity contribution in [3.05, 3.63) is 0 Å². The van der Waals surface area contributed by atoms with Crippen LogP contribution in [-0.2, 0) is 14.4 Å². The van der Waals surface area contributed by atoms with Gasteiger partial charge in [0, 0.05) is 0 Å². The quantitative estimate of drug-likeness (QED) is 0.592. The Bertz CT molecular complexity index is 329. The van der Waals surface area contributed by atoms with Crippen LogP contribution in [0.3, 0.4) is 0 Å². The minimum atomic E-state index is -0.774. The van der Waals surface area contributed by atoms with Gasteiger partial charge in [0.25, 0.3) is 0 Å². The minimum absolute atomic E-state index is 0.150. The summed E-state index contributed by atoms with van der Waals surface area (Å²) in [4.78, 5) is 34.7. The number of imide groups is 1. The second kappa shape index (κ2) is 4.55. The van der Waals surface area contributed by atoms with Crippen LogP contribution in [0.25, 0.3) is 0 Å². The summed E-state index contributed by atoms with van der Waals surface area (Å²) >= 11 is 0. The average Bonchev–Trinajstić information content (AvgIpc) is 2.18. The van der Waals surface area contributed by atoms with Gasteiger partial charge in [0.2, 0.25) is 17.7 Å². The Hall–Kier alpha value is -1.90. The van der Waals surface area contributed by atoms with Crippen molar-refractivity contribution < 1.29 is 14.4 Å². The number of nitriles is 1. The first-order chi connectivity index (χ1) is 7.08. The number of rotatable bonds is 2. The Morgan fingerprint density at radius 2 is 2.07 bits per heavy atom. The van der Waals surface area contributed by atoms with Crippen LogP contribution >= 0.6 is 0 Å². The fourth-order valence-corrected chi connectivity index (χ4v) is 1.33. The molecule has 6 heteroatoms. The molecule has 0 aromatic heterocycles. The second-order valence-electron chi connectivity index (χ2n) is 3.26. The third kappa shape index (κ3) is 2.53. The summed E-state index contributed by atoms with van der Waals surface area (Å²) in [7, 11) is 0. The predicted octanol–water partition coefficient (Wildman–Crippen LogP) is -0.979. The first-order valence-corrected chi connectivity index (χ1v) is 4.59. The van der Waals surface area contributed by atoms with Crippen LogP contribution in [0.2, 0.25) is 0 Å². The van der Waals surface area contributed by atoms with Crippen LogP contribution in [0, 0.1) is 17.2 Å². The molecule has 0 spiro atoms. The molecule has 80 valence electrons. The van der Waals surface area contributed by atoms with Crippen molar-refractivity contribution in [1.82, 2.24) is 10.2 Å². The number of piperazine rings is 1. The summed E-state index contributed by atoms with van der Waals surface area (Å²) in [6.07, 6.45) is 0.377. The Kier molecular flexibility index (Phi) is 3.39. The maximum Gasteiger partial charge on any atom is 0.246 e. The molecule has 1 atom stereocenters. The predicted molar refractivity (Wildman–Crippen MR) is 49.1 cm³/mol. The fourth-order valence-electron chi connectivity index (χ4n) is 1.33. The SMILES string of the molecule is CCC(C#N)C(=O)N1CC(=O)NC(=O)C1. The van der Waals surface area contributed by atoms with Gasteiger partial charge in [-0.15, -0.1) is 0 Å². The summed E-state index contributed by atoms with van der Waals surface area (Å²) in [5.74, 6) is -2.24. The summed E-state index contributed by atoms with van der Waals surface area (Å²) < 4.78 is 0. The van der Waals surface area contributed by atoms with Crippen molar-refractivity contribution in [3.63, 3.8) is 0 Å². The zero-order valence-electron chi connectivity index (χ0n) is 8.32. The number of amides is 3. The summed E-state index contributed by atoms with van der Waals surface area (Å²) in [5, 5.41) is 10.8. The van der Waals surface area contributed by atoms with Crippen molar-refractivity contribution in [2.45, 2.75) is 13.3 Å². The maximum absolute atomic E-state index is 11.6. The van der Waals surface area contributed by atoms with E-state index < -0.39 is 23.6 Å². The van der Waals surface area contributed by atoms with Gasteiger partial charge in [0.15, 0.2) is 0 Å². The standard InChI is InChI=1S/C9H11N3O3/c1-2-6(3-10)9(15)12-4-7(13)11-8(14)5-12/h6H,2,4-5H2,1H3,(H,11,13,14). The van der Waals surface area contributed by atoms with E-state index in [0.29, 0.717) is 6.42 Å². The van der Waals surface area contributed by atoms with Gasteiger partial charge in [-0.2, -0.15) is 5.26 Å². The third-order valence-electron chi connectivity index (χ3n) is 2.12. The smallest absolute Gasteiger partial charge is 0.246 e. The molecular weight excluding hydrogens is 198 g/mol. The lowest BCUT2D eigenvalue weighted by Crippen LogP contribution is -2.54. The van der Waals surface area contributed by atoms with Crippen molar-refractivity contribution in [1.29, 1.82) is 5.26 Å². The molecular formula is C9H11N3O3. The first kappa shape index (κ1) is 11.2. The number of nitrogens with one attached hydrogen (secondary N) is 1. The second-order valence-corrected chi connectivity index (χ2v) is 3.26. The van der Waals surface area contributed by atoms with E-state index in [1.807, 2.05) is 6.07 Å². The molecule has 6 nitrogen and oxygen atoms in total. The molecule has 0 aromatic carbocycles. The van der Waals surface area contributed by atoms with E-state index in [1.165, 1.54) is 0 Å². The molecule has 1 heterocycles. The highest BCUT2D eigenvalue weighted by Crippen LogP contribution is 2.07. The zero-order chi connectivity index (χ0) is 11.4. The molecule has 1 unspecified atom stereocenters. The van der Waals surface area contributed by atoms with Crippen LogP contribution in [0.5, 0.6) is 0 Å². The monoisotopic (exact) mass is 209 g/mol. The molecule has 0 aliphatic carbocycles. The molecule has 0 radical (unpaired) electrons. The Morgan fingerprint density at radius 3 is 2.47 bits per heavy atom. The number of hydrogen-bond donors (Lipinski definition) is 1. The normalized spacial score (nSPS) is 18.0. The molecule has 0 bridgehead atoms. The number of carbonyl (C=O) groups is 3. The van der Waals surface area contributed by atoms with Crippen LogP contribution in [0.4, 0.5) is 0 Å². The van der Waals surface area contributed by atoms with Gasteiger partial charge in [0.1, 0.15) is 19.0 Å². The van der Waals surface area contributed by atoms with E-state index >= 15 is 0 Å². The molecule has 1 rings (SSSR count). The zero-order valence-corrected chi connectivity index (χ0v) is 8.32. The summed E-state index contributed by atoms with van der Waals surface area (Å²) in [6.45, 7) is 1.41. The van der Waals surface area contributed by atoms with Gasteiger partial charge in [-0.3, -0.25) is 19.7 Å². The minimum Gasteiger partial charge on any atom is -0.323 e. The molecule has 0 aromatic rings. The first-order valence-electron chi connectivity index (χ1n) is 4.59. The largest absolute Gasteiger partial charge is 0.323 e. The van der Waals surface area contributed by atoms with Crippen LogP contribution in [-0.4, -0.2) is 35.7 Å². The molecule has 0 saturated carbocycles. The van der Waals surface area contributed by atoms with Gasteiger partial charge in [-0.05, 0) is 6.42 Å². The van der Waals surface area contributed by atoms with Gasteiger partial charge in [0.05, 0.1) is 6.07 Å². The van der Waals surface area contributed by atoms with E-state index in [1.54, 1.807) is 6.92 Å². The fraction of sp³-hybridized carbons (Fsp3) is 0.556. The summed E-state index contributed by atoms with van der Waals surface area (Å²) in [6, 6.07) is 1.84. The van der Waals surface area contributed by atoms with Gasteiger partial charge >= 0.3 is 0 Å². The lowest BCUT2D eigenvalue weighted by molar-refractivity contribution is -0.146. The molecule has 3 amide bonds. The average molecular weight is 209 g/mol. The van der Waals surface area contributed by atoms with E-state index in [0.717, 1.165) is 4.90 Å². The molecule has 15 heavy (non-hydrogen) atoms. The highest BCUT2D eigenvalue weighted by molar-refractivity contribution is 6.02. The Morgan fingerprint density at radius 1 is 1.53 bits per heavy atom. The van der Waals surface area contributed by atoms with E-state index in [9.17, 15) is 14.4 Å². The maximum atomic E-state index is 11.6. The van der Waals surface area contributed by atoms with Crippen molar-refractivity contribution in [3.8, 4) is 6.07 Å². The third-order valence-corrected chi connectivity index (χ3v) is 2.12. The lowest BCUT2D eigenvalue weighted by atomic mass is 10.1. The van der Waals surface area contributed by atoms with E-state index in [-0.39, 0.29) is 13.1 Å². The number of carbonyl (C=O) groups excluding carboxylic acids is 3. The molecule has 1 N–H and O–H groups in total. The van der Waals surface area contributed by atoms with Crippen molar-refractivity contribution in [2.75, 3.05) is 13.1 Å². The number of hydrogen-bond acceptors (Lipinski definition) is 4. The molecule has 1 aliphatic rings. The van der Waals surface area contributed by atoms with Gasteiger partial charge in [-0.25, -0.2) is 0 Å². The van der Waals surface area contributed by atoms with Crippen molar-refractivity contribution >= 4 is 17.7 Å². The topological polar surface area (TPSA) is 90.3 Å². The van der Waals surface area contributed by atoms with E-state index in [2.05, 4.69) is 5.32 Å². The molecule has 1 fully saturated rings. The molecule has 1 saturated heterocycles. The summed E-state index contributed by atoms with van der Waals surface area (Å²) in [5.41, 5.74) is 0. The van der Waals surface area contributed by atoms with Crippen LogP contribution < -0.4 is 5.32 Å². The lowest BCUT2D eigenvalue weighted by Gasteiger charge is -2.26. The highest BCUT2D eigenvalue weighted by Gasteiger charge is 2.30. The molecule has 1 aliphatic heterocycles. The highest BCUT2D eigenvalue weighted by atomic mass is 16.2. The van der Waals surface area contributed by atoms with Crippen LogP contribution in [0.15, 0.2) is 0 Å². The van der Waals surface area contributed by atoms with Gasteiger partial charge < -0.3 is 4.90 Å². The Labute approximate surface area is 86.8 Å². The van der Waals surface area contributed by atoms with E-state index in [4.69, 9.17) is 5.26 Å². The van der Waals surface area contributed by atoms with Gasteiger partial charge in [-0.1, -0.05) is 6.92 Å². The Balaban J connectivity index is 2.71. The van der Waals surface area contributed by atoms with Crippen LogP contribution in [0.1, 0.15) is 13.3 Å². The number of nitrogens with zero attached hydrogens (tertiary/aromatic N) is 2.